The number of hydrogen-bond acceptors (Lipinski definition) is 18. The first-order valence-electron chi connectivity index (χ1n) is 33.1. The van der Waals surface area contributed by atoms with Crippen molar-refractivity contribution < 1.29 is 74.5 Å². The van der Waals surface area contributed by atoms with Crippen LogP contribution in [0.4, 0.5) is 9.59 Å². The first-order valence-corrected chi connectivity index (χ1v) is 36.6. The van der Waals surface area contributed by atoms with Gasteiger partial charge in [-0.25, -0.2) is 36.4 Å². The molecule has 2 aromatic carbocycles. The number of fused-ring (bicyclic) bond motifs is 2. The number of carbonyl (C=O) groups is 8. The lowest BCUT2D eigenvalue weighted by molar-refractivity contribution is -0.143. The third-order valence-electron chi connectivity index (χ3n) is 17.8. The molecule has 10 rings (SSSR count). The lowest BCUT2D eigenvalue weighted by Crippen LogP contribution is -2.60. The fourth-order valence-electron chi connectivity index (χ4n) is 12.0. The van der Waals surface area contributed by atoms with Crippen LogP contribution in [0.5, 0.6) is 5.88 Å². The Kier molecular flexibility index (Phi) is 22.5. The molecule has 4 aromatic rings. The van der Waals surface area contributed by atoms with Crippen LogP contribution in [-0.4, -0.2) is 172 Å². The van der Waals surface area contributed by atoms with Gasteiger partial charge in [0.05, 0.1) is 23.1 Å². The number of aryl methyl sites for hydroxylation is 2. The van der Waals surface area contributed by atoms with Gasteiger partial charge in [0.15, 0.2) is 0 Å². The van der Waals surface area contributed by atoms with Crippen LogP contribution >= 0.6 is 11.6 Å². The maximum absolute atomic E-state index is 14.4. The van der Waals surface area contributed by atoms with E-state index in [1.807, 2.05) is 49.4 Å². The summed E-state index contributed by atoms with van der Waals surface area (Å²) in [6.45, 7) is 32.1. The van der Waals surface area contributed by atoms with Gasteiger partial charge in [-0.15, -0.1) is 13.2 Å². The molecule has 0 bridgehead atoms. The van der Waals surface area contributed by atoms with Gasteiger partial charge in [0.1, 0.15) is 57.7 Å². The fourth-order valence-corrected chi connectivity index (χ4v) is 14.9. The van der Waals surface area contributed by atoms with Gasteiger partial charge >= 0.3 is 12.2 Å². The molecule has 10 atom stereocenters. The predicted octanol–water partition coefficient (Wildman–Crippen LogP) is 7.25. The molecular formula is C70H95ClN10O16S2. The number of aliphatic hydroxyl groups excluding tert-OH is 1. The van der Waals surface area contributed by atoms with Crippen molar-refractivity contribution in [3.05, 3.63) is 103 Å². The molecule has 4 saturated carbocycles. The van der Waals surface area contributed by atoms with Gasteiger partial charge in [0.25, 0.3) is 11.8 Å². The molecular weight excluding hydrogens is 1340 g/mol. The monoisotopic (exact) mass is 1430 g/mol. The largest absolute Gasteiger partial charge is 0.472 e. The third-order valence-corrected chi connectivity index (χ3v) is 21.7. The topological polar surface area (TPSA) is 357 Å². The van der Waals surface area contributed by atoms with Crippen LogP contribution in [0.25, 0.3) is 21.5 Å². The molecule has 2 aromatic heterocycles. The highest BCUT2D eigenvalue weighted by molar-refractivity contribution is 7.91. The zero-order chi connectivity index (χ0) is 73.5. The lowest BCUT2D eigenvalue weighted by atomic mass is 9.85. The van der Waals surface area contributed by atoms with Crippen molar-refractivity contribution in [1.29, 1.82) is 0 Å². The van der Waals surface area contributed by atoms with Crippen molar-refractivity contribution in [2.24, 2.45) is 22.7 Å². The Balaban J connectivity index is 0.000000220. The molecule has 2 saturated heterocycles. The molecule has 29 heteroatoms. The molecule has 0 spiro atoms. The summed E-state index contributed by atoms with van der Waals surface area (Å²) in [6.07, 6.45) is 5.17. The number of likely N-dealkylation sites (tertiary alicyclic amines) is 2. The van der Waals surface area contributed by atoms with E-state index >= 15 is 0 Å². The number of ether oxygens (including phenoxy) is 3. The zero-order valence-corrected chi connectivity index (χ0v) is 61.1. The van der Waals surface area contributed by atoms with Gasteiger partial charge in [0, 0.05) is 54.4 Å². The summed E-state index contributed by atoms with van der Waals surface area (Å²) < 4.78 is 71.3. The first kappa shape index (κ1) is 76.8. The molecule has 6 aliphatic rings. The molecule has 4 aliphatic carbocycles. The van der Waals surface area contributed by atoms with Crippen molar-refractivity contribution in [1.82, 2.24) is 50.5 Å². The average molecular weight is 1430 g/mol. The van der Waals surface area contributed by atoms with E-state index in [1.165, 1.54) is 27.5 Å². The Hall–Kier alpha value is -7.95. The Bertz CT molecular complexity index is 4060. The normalized spacial score (nSPS) is 24.2. The predicted molar refractivity (Wildman–Crippen MR) is 372 cm³/mol. The van der Waals surface area contributed by atoms with Crippen molar-refractivity contribution in [3.8, 4) is 5.88 Å². The van der Waals surface area contributed by atoms with Crippen molar-refractivity contribution >= 4 is 101 Å². The van der Waals surface area contributed by atoms with Gasteiger partial charge < -0.3 is 50.4 Å². The van der Waals surface area contributed by atoms with E-state index in [9.17, 15) is 60.3 Å². The smallest absolute Gasteiger partial charge is 0.408 e. The van der Waals surface area contributed by atoms with E-state index in [0.29, 0.717) is 36.7 Å². The molecule has 540 valence electrons. The molecule has 2 unspecified atom stereocenters. The highest BCUT2D eigenvalue weighted by Crippen LogP contribution is 2.47. The standard InChI is InChI=1S/C35H47N5O8S.C25H40N4O8S.C10H8ClN/c1-9-22-18-35(22,31(43)39-49(45,46)24-11-12-24)38-28(41)26-17-23(47-29-25-13-10-20(2)16-21(25)14-15-36-29)19-40(26)30(42)27(33(3,4)5)37-32(44)48-34(6,7)8;1-8-14-12-25(14,21(33)28-38(35,36)16-9-10-16)27-19(31)17-11-15(30)13-29(17)20(32)18(23(2,3)4)26-22(34)37-24(5,6)7;1-7-2-3-9-8(6-7)4-5-12-10(9)11/h9-10,13-16,22-24,26-27H,1,11-12,17-19H2,2-8H3,(H,37,44)(H,38,41)(H,39,43);8,14-18,30H,1,9-13H2,2-7H3,(H,26,34)(H,27,31)(H,28,33);2-6H,1H3/t22?,23-,26+,27-,35-;14?,15-,17+,18-,25-;/m11./s1. The summed E-state index contributed by atoms with van der Waals surface area (Å²) in [5.41, 5.74) is -3.94. The van der Waals surface area contributed by atoms with Crippen molar-refractivity contribution in [3.63, 3.8) is 0 Å². The van der Waals surface area contributed by atoms with Crippen LogP contribution in [0, 0.1) is 36.5 Å². The minimum absolute atomic E-state index is 0.0242. The second-order valence-electron chi connectivity index (χ2n) is 30.8. The van der Waals surface area contributed by atoms with Crippen LogP contribution < -0.4 is 35.4 Å². The van der Waals surface area contributed by atoms with Crippen LogP contribution in [0.3, 0.4) is 0 Å². The molecule has 99 heavy (non-hydrogen) atoms. The van der Waals surface area contributed by atoms with Gasteiger partial charge in [0.2, 0.25) is 49.6 Å². The van der Waals surface area contributed by atoms with Crippen LogP contribution in [0.2, 0.25) is 5.15 Å². The number of benzene rings is 2. The third kappa shape index (κ3) is 18.9. The Morgan fingerprint density at radius 1 is 0.606 bits per heavy atom. The summed E-state index contributed by atoms with van der Waals surface area (Å²) >= 11 is 5.90. The van der Waals surface area contributed by atoms with E-state index in [4.69, 9.17) is 25.8 Å². The second-order valence-corrected chi connectivity index (χ2v) is 35.1. The van der Waals surface area contributed by atoms with E-state index in [0.717, 1.165) is 27.1 Å². The number of rotatable bonds is 18. The number of β-amino-alcohol motifs (C(OH)–C–C–N with tert-alkyl or cyclic N) is 1. The fraction of sp³-hybridized carbons (Fsp3) is 0.571. The minimum Gasteiger partial charge on any atom is -0.472 e. The maximum atomic E-state index is 14.4. The number of nitrogens with one attached hydrogen (secondary N) is 6. The SMILES string of the molecule is C=CC1C[C@]1(NC(=O)[C@@H]1C[C@@H](O)CN1C(=O)[C@@H](NC(=O)OC(C)(C)C)C(C)(C)C)C(=O)NS(=O)(=O)C1CC1.C=CC1C[C@]1(NC(=O)[C@@H]1C[C@@H](Oc2nccc3cc(C)ccc23)CN1C(=O)[C@@H](NC(=O)OC(C)(C)C)C(C)(C)C)C(=O)NS(=O)(=O)C1CC1.Cc1ccc2c(Cl)nccc2c1. The number of aliphatic hydroxyl groups is 1. The van der Waals surface area contributed by atoms with Crippen LogP contribution in [0.15, 0.2) is 86.2 Å². The molecule has 6 fully saturated rings. The molecule has 0 radical (unpaired) electrons. The van der Waals surface area contributed by atoms with E-state index < -0.39 is 159 Å². The number of sulfonamides is 2. The van der Waals surface area contributed by atoms with Gasteiger partial charge in [-0.3, -0.25) is 38.2 Å². The maximum Gasteiger partial charge on any atom is 0.408 e. The van der Waals surface area contributed by atoms with Gasteiger partial charge in [-0.05, 0) is 134 Å². The molecule has 26 nitrogen and oxygen atoms in total. The highest BCUT2D eigenvalue weighted by atomic mass is 35.5. The number of aromatic nitrogens is 2. The Labute approximate surface area is 584 Å². The Morgan fingerprint density at radius 3 is 1.41 bits per heavy atom. The first-order chi connectivity index (χ1) is 45.8. The second kappa shape index (κ2) is 29.0. The summed E-state index contributed by atoms with van der Waals surface area (Å²) in [6, 6.07) is 11.4. The average Bonchev–Trinajstić information content (AvgIpc) is 1.58. The summed E-state index contributed by atoms with van der Waals surface area (Å²) in [5.74, 6) is -4.85. The molecule has 2 aliphatic heterocycles. The molecule has 8 amide bonds. The van der Waals surface area contributed by atoms with Crippen LogP contribution in [-0.2, 0) is 58.3 Å². The van der Waals surface area contributed by atoms with Gasteiger partial charge in [-0.1, -0.05) is 107 Å². The number of halogens is 1. The number of nitrogens with zero attached hydrogens (tertiary/aromatic N) is 4. The number of hydrogen-bond donors (Lipinski definition) is 7. The summed E-state index contributed by atoms with van der Waals surface area (Å²) in [5, 5.41) is 24.3. The summed E-state index contributed by atoms with van der Waals surface area (Å²) in [4.78, 5) is 118. The van der Waals surface area contributed by atoms with Crippen molar-refractivity contribution in [2.75, 3.05) is 13.1 Å². The highest BCUT2D eigenvalue weighted by Gasteiger charge is 2.64. The minimum atomic E-state index is -3.89. The van der Waals surface area contributed by atoms with E-state index in [2.05, 4.69) is 66.8 Å². The van der Waals surface area contributed by atoms with E-state index in [1.54, 1.807) is 95.5 Å². The molecule has 7 N–H and O–H groups in total. The molecule has 4 heterocycles. The number of pyridine rings is 2. The van der Waals surface area contributed by atoms with E-state index in [-0.39, 0.29) is 38.8 Å². The summed E-state index contributed by atoms with van der Waals surface area (Å²) in [7, 11) is -7.73. The zero-order valence-electron chi connectivity index (χ0n) is 58.7. The quantitative estimate of drug-likeness (QED) is 0.0381. The Morgan fingerprint density at radius 2 is 1.01 bits per heavy atom. The van der Waals surface area contributed by atoms with Crippen LogP contribution in [0.1, 0.15) is 146 Å². The number of alkyl carbamates (subject to hydrolysis) is 2. The van der Waals surface area contributed by atoms with Gasteiger partial charge in [-0.2, -0.15) is 0 Å². The number of amides is 8. The number of carbonyl (C=O) groups excluding carboxylic acids is 8. The van der Waals surface area contributed by atoms with Crippen molar-refractivity contribution in [2.45, 2.75) is 217 Å². The lowest BCUT2D eigenvalue weighted by Gasteiger charge is -2.36.